The second-order valence-electron chi connectivity index (χ2n) is 8.69. The molecule has 2 heterocycles. The van der Waals surface area contributed by atoms with Crippen molar-refractivity contribution >= 4 is 39.9 Å². The minimum Gasteiger partial charge on any atom is -0.396 e. The monoisotopic (exact) mass is 466 g/mol. The topological polar surface area (TPSA) is 77.5 Å². The summed E-state index contributed by atoms with van der Waals surface area (Å²) >= 11 is 6.47. The van der Waals surface area contributed by atoms with Crippen LogP contribution in [0.2, 0.25) is 5.02 Å². The van der Waals surface area contributed by atoms with Gasteiger partial charge in [-0.1, -0.05) is 48.9 Å². The Balaban J connectivity index is 1.46. The Bertz CT molecular complexity index is 1090. The normalized spacial score (nSPS) is 16.8. The summed E-state index contributed by atoms with van der Waals surface area (Å²) in [5.41, 5.74) is 2.56. The number of pyridine rings is 1. The fraction of sp³-hybridized carbons (Fsp3) is 0.385. The molecular weight excluding hydrogens is 436 g/mol. The van der Waals surface area contributed by atoms with Crippen molar-refractivity contribution in [1.82, 2.24) is 10.3 Å². The zero-order valence-electron chi connectivity index (χ0n) is 18.9. The second kappa shape index (κ2) is 11.0. The van der Waals surface area contributed by atoms with Gasteiger partial charge in [0.2, 0.25) is 5.91 Å². The maximum atomic E-state index is 12.8. The molecule has 3 aromatic rings. The van der Waals surface area contributed by atoms with Crippen LogP contribution in [0.15, 0.2) is 54.6 Å². The molecule has 1 aromatic heterocycles. The Kier molecular flexibility index (Phi) is 7.81. The van der Waals surface area contributed by atoms with Crippen molar-refractivity contribution in [2.75, 3.05) is 36.5 Å². The molecule has 1 aliphatic rings. The number of anilines is 2. The molecule has 0 aliphatic carbocycles. The van der Waals surface area contributed by atoms with E-state index in [-0.39, 0.29) is 18.4 Å². The van der Waals surface area contributed by atoms with Gasteiger partial charge in [-0.25, -0.2) is 4.98 Å². The van der Waals surface area contributed by atoms with E-state index in [1.54, 1.807) is 6.07 Å². The van der Waals surface area contributed by atoms with Crippen molar-refractivity contribution in [3.63, 3.8) is 0 Å². The first-order chi connectivity index (χ1) is 16.0. The molecule has 0 bridgehead atoms. The van der Waals surface area contributed by atoms with Crippen molar-refractivity contribution in [3.8, 4) is 0 Å². The highest BCUT2D eigenvalue weighted by Gasteiger charge is 2.23. The number of aliphatic hydroxyl groups excluding tert-OH is 1. The van der Waals surface area contributed by atoms with Gasteiger partial charge < -0.3 is 20.6 Å². The summed E-state index contributed by atoms with van der Waals surface area (Å²) in [4.78, 5) is 19.9. The fourth-order valence-electron chi connectivity index (χ4n) is 4.36. The van der Waals surface area contributed by atoms with Crippen LogP contribution in [-0.2, 0) is 4.79 Å². The summed E-state index contributed by atoms with van der Waals surface area (Å²) in [6.45, 7) is 4.91. The molecule has 1 aliphatic heterocycles. The zero-order valence-corrected chi connectivity index (χ0v) is 19.7. The van der Waals surface area contributed by atoms with Crippen molar-refractivity contribution in [2.45, 2.75) is 38.1 Å². The number of carbonyl (C=O) groups excluding carboxylic acids is 1. The summed E-state index contributed by atoms with van der Waals surface area (Å²) in [6.07, 6.45) is 2.19. The number of nitrogens with zero attached hydrogens (tertiary/aromatic N) is 2. The molecule has 0 spiro atoms. The number of rotatable bonds is 9. The highest BCUT2D eigenvalue weighted by Crippen LogP contribution is 2.33. The molecule has 0 unspecified atom stereocenters. The Morgan fingerprint density at radius 2 is 2.03 bits per heavy atom. The van der Waals surface area contributed by atoms with E-state index in [2.05, 4.69) is 22.5 Å². The van der Waals surface area contributed by atoms with Crippen molar-refractivity contribution in [1.29, 1.82) is 0 Å². The van der Waals surface area contributed by atoms with E-state index in [1.807, 2.05) is 48.5 Å². The predicted molar refractivity (Wildman–Crippen MR) is 135 cm³/mol. The van der Waals surface area contributed by atoms with Crippen LogP contribution in [0.25, 0.3) is 10.9 Å². The van der Waals surface area contributed by atoms with E-state index < -0.39 is 0 Å². The van der Waals surface area contributed by atoms with Crippen molar-refractivity contribution in [3.05, 3.63) is 65.2 Å². The minimum atomic E-state index is -0.0684. The molecule has 6 nitrogen and oxygen atoms in total. The van der Waals surface area contributed by atoms with E-state index in [0.717, 1.165) is 54.8 Å². The summed E-state index contributed by atoms with van der Waals surface area (Å²) in [7, 11) is 0. The van der Waals surface area contributed by atoms with Gasteiger partial charge in [0.05, 0.1) is 16.2 Å². The molecule has 33 heavy (non-hydrogen) atoms. The number of aliphatic hydroxyl groups is 1. The summed E-state index contributed by atoms with van der Waals surface area (Å²) in [5.74, 6) is 0.964. The standard InChI is InChI=1S/C26H31ClN4O2/c1-18(19-6-3-2-4-7-19)16-25(33)30-26-21-8-11-24(29-23(21)10-9-22(26)27)31-14-12-20(17-31)28-13-5-15-32/h2-4,6-11,18,20,28,32H,5,12-17H2,1H3,(H,30,33)/t18-,20+/m1/s1. The number of hydrogen-bond acceptors (Lipinski definition) is 5. The molecular formula is C26H31ClN4O2. The van der Waals surface area contributed by atoms with Crippen LogP contribution < -0.4 is 15.5 Å². The summed E-state index contributed by atoms with van der Waals surface area (Å²) in [6, 6.07) is 18.1. The number of amides is 1. The first-order valence-electron chi connectivity index (χ1n) is 11.6. The lowest BCUT2D eigenvalue weighted by Gasteiger charge is -2.19. The minimum absolute atomic E-state index is 0.0684. The third-order valence-corrected chi connectivity index (χ3v) is 6.53. The van der Waals surface area contributed by atoms with E-state index in [4.69, 9.17) is 21.7 Å². The maximum Gasteiger partial charge on any atom is 0.225 e. The van der Waals surface area contributed by atoms with Crippen LogP contribution in [0.5, 0.6) is 0 Å². The lowest BCUT2D eigenvalue weighted by Crippen LogP contribution is -2.33. The van der Waals surface area contributed by atoms with E-state index in [0.29, 0.717) is 23.2 Å². The van der Waals surface area contributed by atoms with Gasteiger partial charge in [-0.3, -0.25) is 4.79 Å². The lowest BCUT2D eigenvalue weighted by atomic mass is 9.97. The first-order valence-corrected chi connectivity index (χ1v) is 12.0. The van der Waals surface area contributed by atoms with E-state index in [9.17, 15) is 4.79 Å². The van der Waals surface area contributed by atoms with Crippen LogP contribution in [0.4, 0.5) is 11.5 Å². The summed E-state index contributed by atoms with van der Waals surface area (Å²) < 4.78 is 0. The highest BCUT2D eigenvalue weighted by molar-refractivity contribution is 6.35. The van der Waals surface area contributed by atoms with E-state index in [1.165, 1.54) is 0 Å². The van der Waals surface area contributed by atoms with E-state index >= 15 is 0 Å². The maximum absolute atomic E-state index is 12.8. The second-order valence-corrected chi connectivity index (χ2v) is 9.09. The fourth-order valence-corrected chi connectivity index (χ4v) is 4.57. The Hall–Kier alpha value is -2.67. The van der Waals surface area contributed by atoms with Crippen LogP contribution in [0.3, 0.4) is 0 Å². The number of carbonyl (C=O) groups is 1. The number of benzene rings is 2. The average molecular weight is 467 g/mol. The smallest absolute Gasteiger partial charge is 0.225 e. The Labute approximate surface area is 200 Å². The molecule has 2 aromatic carbocycles. The van der Waals surface area contributed by atoms with Gasteiger partial charge in [-0.2, -0.15) is 0 Å². The molecule has 4 rings (SSSR count). The van der Waals surface area contributed by atoms with Crippen LogP contribution in [0, 0.1) is 0 Å². The van der Waals surface area contributed by atoms with Gasteiger partial charge in [-0.15, -0.1) is 0 Å². The number of aromatic nitrogens is 1. The largest absolute Gasteiger partial charge is 0.396 e. The van der Waals surface area contributed by atoms with Crippen LogP contribution >= 0.6 is 11.6 Å². The number of fused-ring (bicyclic) bond motifs is 1. The molecule has 174 valence electrons. The van der Waals surface area contributed by atoms with Crippen LogP contribution in [0.1, 0.15) is 37.7 Å². The molecule has 3 N–H and O–H groups in total. The summed E-state index contributed by atoms with van der Waals surface area (Å²) in [5, 5.41) is 16.8. The highest BCUT2D eigenvalue weighted by atomic mass is 35.5. The van der Waals surface area contributed by atoms with Crippen LogP contribution in [-0.4, -0.2) is 48.3 Å². The van der Waals surface area contributed by atoms with Crippen molar-refractivity contribution in [2.24, 2.45) is 0 Å². The molecule has 0 radical (unpaired) electrons. The van der Waals surface area contributed by atoms with Gasteiger partial charge >= 0.3 is 0 Å². The molecule has 1 fully saturated rings. The Morgan fingerprint density at radius 1 is 1.21 bits per heavy atom. The SMILES string of the molecule is C[C@H](CC(=O)Nc1c(Cl)ccc2nc(N3CC[C@H](NCCCO)C3)ccc12)c1ccccc1. The molecule has 7 heteroatoms. The van der Waals surface area contributed by atoms with Crippen molar-refractivity contribution < 1.29 is 9.90 Å². The third-order valence-electron chi connectivity index (χ3n) is 6.21. The molecule has 0 saturated carbocycles. The first kappa shape index (κ1) is 23.5. The van der Waals surface area contributed by atoms with Gasteiger partial charge in [0, 0.05) is 37.5 Å². The van der Waals surface area contributed by atoms with Gasteiger partial charge in [-0.05, 0) is 55.1 Å². The lowest BCUT2D eigenvalue weighted by molar-refractivity contribution is -0.116. The third kappa shape index (κ3) is 5.82. The zero-order chi connectivity index (χ0) is 23.2. The molecule has 2 atom stereocenters. The average Bonchev–Trinajstić information content (AvgIpc) is 3.30. The van der Waals surface area contributed by atoms with Gasteiger partial charge in [0.15, 0.2) is 0 Å². The van der Waals surface area contributed by atoms with Gasteiger partial charge in [0.1, 0.15) is 5.82 Å². The van der Waals surface area contributed by atoms with Gasteiger partial charge in [0.25, 0.3) is 0 Å². The molecule has 1 saturated heterocycles. The Morgan fingerprint density at radius 3 is 2.82 bits per heavy atom. The number of halogens is 1. The number of nitrogens with one attached hydrogen (secondary N) is 2. The molecule has 1 amide bonds. The quantitative estimate of drug-likeness (QED) is 0.402. The predicted octanol–water partition coefficient (Wildman–Crippen LogP) is 4.57. The number of hydrogen-bond donors (Lipinski definition) is 3.